The van der Waals surface area contributed by atoms with Gasteiger partial charge in [0.1, 0.15) is 0 Å². The Morgan fingerprint density at radius 1 is 1.05 bits per heavy atom. The van der Waals surface area contributed by atoms with Crippen molar-refractivity contribution in [3.05, 3.63) is 21.9 Å². The van der Waals surface area contributed by atoms with E-state index in [2.05, 4.69) is 28.2 Å². The fourth-order valence-electron chi connectivity index (χ4n) is 5.19. The van der Waals surface area contributed by atoms with Crippen LogP contribution >= 0.6 is 11.3 Å². The van der Waals surface area contributed by atoms with E-state index in [1.54, 1.807) is 4.88 Å². The summed E-state index contributed by atoms with van der Waals surface area (Å²) in [5.41, 5.74) is 1.50. The van der Waals surface area contributed by atoms with Gasteiger partial charge in [-0.05, 0) is 62.1 Å². The maximum atomic E-state index is 2.88. The van der Waals surface area contributed by atoms with Crippen LogP contribution in [0.25, 0.3) is 0 Å². The molecule has 1 aliphatic carbocycles. The topological polar surface area (TPSA) is 6.48 Å². The van der Waals surface area contributed by atoms with E-state index in [-0.39, 0.29) is 0 Å². The first-order valence-corrected chi connectivity index (χ1v) is 10.2. The second-order valence-corrected chi connectivity index (χ2v) is 8.63. The van der Waals surface area contributed by atoms with Crippen molar-refractivity contribution < 1.29 is 0 Å². The van der Waals surface area contributed by atoms with Crippen LogP contribution in [0.3, 0.4) is 0 Å². The fourth-order valence-corrected chi connectivity index (χ4v) is 6.12. The minimum Gasteiger partial charge on any atom is -0.298 e. The van der Waals surface area contributed by atoms with E-state index in [1.807, 2.05) is 11.3 Å². The van der Waals surface area contributed by atoms with E-state index in [0.29, 0.717) is 0 Å². The van der Waals surface area contributed by atoms with E-state index in [4.69, 9.17) is 0 Å². The molecule has 122 valence electrons. The average Bonchev–Trinajstić information content (AvgIpc) is 3.17. The summed E-state index contributed by atoms with van der Waals surface area (Å²) in [6.07, 6.45) is 10.3. The molecule has 1 aromatic rings. The number of thiophene rings is 1. The van der Waals surface area contributed by atoms with Crippen molar-refractivity contribution in [1.29, 1.82) is 0 Å². The Balaban J connectivity index is 1.55. The standard InChI is InChI=1S/C19H30N2S/c1-15-9-13-22-18(15)14-21-12-11-20-10-5-8-17(20)19(21)16-6-3-2-4-7-16/h9,13,16-17,19H,2-8,10-12,14H2,1H3/t17-,19-/m1/s1. The molecular weight excluding hydrogens is 288 g/mol. The number of aryl methyl sites for hydroxylation is 1. The molecule has 0 radical (unpaired) electrons. The van der Waals surface area contributed by atoms with E-state index < -0.39 is 0 Å². The molecule has 0 spiro atoms. The summed E-state index contributed by atoms with van der Waals surface area (Å²) in [6, 6.07) is 3.98. The van der Waals surface area contributed by atoms with Crippen molar-refractivity contribution in [3.8, 4) is 0 Å². The minimum atomic E-state index is 0.832. The smallest absolute Gasteiger partial charge is 0.0334 e. The Morgan fingerprint density at radius 2 is 1.91 bits per heavy atom. The number of hydrogen-bond donors (Lipinski definition) is 0. The summed E-state index contributed by atoms with van der Waals surface area (Å²) in [4.78, 5) is 7.30. The lowest BCUT2D eigenvalue weighted by Gasteiger charge is -2.49. The molecule has 2 atom stereocenters. The first-order chi connectivity index (χ1) is 10.8. The van der Waals surface area contributed by atoms with Crippen LogP contribution in [0, 0.1) is 12.8 Å². The van der Waals surface area contributed by atoms with Crippen LogP contribution in [0.1, 0.15) is 55.4 Å². The lowest BCUT2D eigenvalue weighted by molar-refractivity contribution is -0.00333. The highest BCUT2D eigenvalue weighted by Crippen LogP contribution is 2.38. The van der Waals surface area contributed by atoms with Gasteiger partial charge in [-0.3, -0.25) is 9.80 Å². The van der Waals surface area contributed by atoms with Crippen LogP contribution < -0.4 is 0 Å². The second kappa shape index (κ2) is 6.62. The highest BCUT2D eigenvalue weighted by Gasteiger charge is 2.42. The predicted molar refractivity (Wildman–Crippen MR) is 94.4 cm³/mol. The van der Waals surface area contributed by atoms with Gasteiger partial charge in [-0.1, -0.05) is 19.3 Å². The number of rotatable bonds is 3. The van der Waals surface area contributed by atoms with Gasteiger partial charge in [0.25, 0.3) is 0 Å². The van der Waals surface area contributed by atoms with Gasteiger partial charge in [-0.25, -0.2) is 0 Å². The Bertz CT molecular complexity index is 491. The summed E-state index contributed by atoms with van der Waals surface area (Å²) in [6.45, 7) is 7.44. The first-order valence-electron chi connectivity index (χ1n) is 9.34. The van der Waals surface area contributed by atoms with Crippen molar-refractivity contribution in [2.45, 2.75) is 70.5 Å². The molecule has 0 aromatic carbocycles. The van der Waals surface area contributed by atoms with Crippen LogP contribution in [0.4, 0.5) is 0 Å². The van der Waals surface area contributed by atoms with E-state index in [9.17, 15) is 0 Å². The molecule has 4 rings (SSSR count). The molecule has 0 amide bonds. The van der Waals surface area contributed by atoms with Gasteiger partial charge in [-0.15, -0.1) is 11.3 Å². The zero-order chi connectivity index (χ0) is 14.9. The Morgan fingerprint density at radius 3 is 2.68 bits per heavy atom. The molecule has 3 heterocycles. The Labute approximate surface area is 139 Å². The molecule has 1 aromatic heterocycles. The summed E-state index contributed by atoms with van der Waals surface area (Å²) in [5, 5.41) is 2.27. The molecule has 3 heteroatoms. The summed E-state index contributed by atoms with van der Waals surface area (Å²) >= 11 is 1.96. The minimum absolute atomic E-state index is 0.832. The van der Waals surface area contributed by atoms with E-state index in [0.717, 1.165) is 18.0 Å². The Kier molecular flexibility index (Phi) is 4.57. The monoisotopic (exact) mass is 318 g/mol. The highest BCUT2D eigenvalue weighted by molar-refractivity contribution is 7.10. The van der Waals surface area contributed by atoms with Crippen molar-refractivity contribution in [2.24, 2.45) is 5.92 Å². The molecular formula is C19H30N2S. The molecule has 2 nitrogen and oxygen atoms in total. The SMILES string of the molecule is Cc1ccsc1CN1CCN2CCC[C@@H]2[C@H]1C1CCCCC1. The van der Waals surface area contributed by atoms with Gasteiger partial charge in [-0.2, -0.15) is 0 Å². The number of nitrogens with zero attached hydrogens (tertiary/aromatic N) is 2. The van der Waals surface area contributed by atoms with Gasteiger partial charge in [0.15, 0.2) is 0 Å². The molecule has 0 bridgehead atoms. The van der Waals surface area contributed by atoms with Gasteiger partial charge in [0.05, 0.1) is 0 Å². The third-order valence-electron chi connectivity index (χ3n) is 6.35. The highest BCUT2D eigenvalue weighted by atomic mass is 32.1. The largest absolute Gasteiger partial charge is 0.298 e. The quantitative estimate of drug-likeness (QED) is 0.820. The van der Waals surface area contributed by atoms with Crippen LogP contribution in [0.15, 0.2) is 11.4 Å². The molecule has 0 N–H and O–H groups in total. The van der Waals surface area contributed by atoms with E-state index >= 15 is 0 Å². The van der Waals surface area contributed by atoms with Crippen molar-refractivity contribution in [1.82, 2.24) is 9.80 Å². The lowest BCUT2D eigenvalue weighted by Crippen LogP contribution is -2.59. The zero-order valence-electron chi connectivity index (χ0n) is 14.0. The fraction of sp³-hybridized carbons (Fsp3) is 0.789. The van der Waals surface area contributed by atoms with Crippen molar-refractivity contribution in [2.75, 3.05) is 19.6 Å². The second-order valence-electron chi connectivity index (χ2n) is 7.63. The van der Waals surface area contributed by atoms with Gasteiger partial charge in [0, 0.05) is 36.6 Å². The first kappa shape index (κ1) is 15.2. The summed E-state index contributed by atoms with van der Waals surface area (Å²) < 4.78 is 0. The number of piperazine rings is 1. The maximum absolute atomic E-state index is 2.88. The molecule has 1 saturated carbocycles. The molecule has 2 aliphatic heterocycles. The van der Waals surface area contributed by atoms with Crippen LogP contribution in [0.5, 0.6) is 0 Å². The number of hydrogen-bond acceptors (Lipinski definition) is 3. The summed E-state index contributed by atoms with van der Waals surface area (Å²) in [5.74, 6) is 0.958. The van der Waals surface area contributed by atoms with Gasteiger partial charge < -0.3 is 0 Å². The molecule has 2 saturated heterocycles. The maximum Gasteiger partial charge on any atom is 0.0334 e. The molecule has 3 aliphatic rings. The lowest BCUT2D eigenvalue weighted by atomic mass is 9.78. The third kappa shape index (κ3) is 2.88. The predicted octanol–water partition coefficient (Wildman–Crippen LogP) is 4.29. The summed E-state index contributed by atoms with van der Waals surface area (Å²) in [7, 11) is 0. The van der Waals surface area contributed by atoms with Crippen LogP contribution in [0.2, 0.25) is 0 Å². The molecule has 3 fully saturated rings. The van der Waals surface area contributed by atoms with Gasteiger partial charge >= 0.3 is 0 Å². The average molecular weight is 319 g/mol. The molecule has 0 unspecified atom stereocenters. The third-order valence-corrected chi connectivity index (χ3v) is 7.36. The van der Waals surface area contributed by atoms with Crippen LogP contribution in [-0.4, -0.2) is 41.5 Å². The normalized spacial score (nSPS) is 31.5. The van der Waals surface area contributed by atoms with E-state index in [1.165, 1.54) is 76.7 Å². The Hall–Kier alpha value is -0.380. The van der Waals surface area contributed by atoms with Gasteiger partial charge in [0.2, 0.25) is 0 Å². The van der Waals surface area contributed by atoms with Crippen molar-refractivity contribution >= 4 is 11.3 Å². The van der Waals surface area contributed by atoms with Crippen LogP contribution in [-0.2, 0) is 6.54 Å². The zero-order valence-corrected chi connectivity index (χ0v) is 14.8. The molecule has 22 heavy (non-hydrogen) atoms. The number of fused-ring (bicyclic) bond motifs is 1. The van der Waals surface area contributed by atoms with Crippen molar-refractivity contribution in [3.63, 3.8) is 0 Å².